The molecule has 0 bridgehead atoms. The Morgan fingerprint density at radius 2 is 1.75 bits per heavy atom. The van der Waals surface area contributed by atoms with Gasteiger partial charge in [0.1, 0.15) is 18.2 Å². The molecule has 0 fully saturated rings. The number of thioether (sulfide) groups is 1. The first-order valence-electron chi connectivity index (χ1n) is 9.90. The minimum absolute atomic E-state index is 0.200. The lowest BCUT2D eigenvalue weighted by Gasteiger charge is -2.11. The topological polar surface area (TPSA) is 77.2 Å². The number of carbonyl (C=O) groups is 1. The third-order valence-electron chi connectivity index (χ3n) is 4.51. The summed E-state index contributed by atoms with van der Waals surface area (Å²) >= 11 is 1.15. The molecule has 3 aromatic carbocycles. The van der Waals surface area contributed by atoms with Gasteiger partial charge in [-0.15, -0.1) is 10.2 Å². The van der Waals surface area contributed by atoms with Crippen molar-refractivity contribution in [1.82, 2.24) is 10.2 Å². The number of carbonyl (C=O) groups excluding carboxylic acids is 1. The minimum atomic E-state index is -0.467. The van der Waals surface area contributed by atoms with Crippen LogP contribution >= 0.6 is 11.8 Å². The van der Waals surface area contributed by atoms with Crippen LogP contribution in [0.3, 0.4) is 0 Å². The first kappa shape index (κ1) is 21.6. The standard InChI is InChI=1S/C24H20FN3O3S/c1-16(32-24-28-27-23(31-24)18-7-9-19(25)10-8-18)22(29)26-20-11-13-21(14-12-20)30-15-17-5-3-2-4-6-17/h2-14,16H,15H2,1H3,(H,26,29). The van der Waals surface area contributed by atoms with Crippen molar-refractivity contribution >= 4 is 23.4 Å². The van der Waals surface area contributed by atoms with Crippen LogP contribution < -0.4 is 10.1 Å². The third kappa shape index (κ3) is 5.73. The van der Waals surface area contributed by atoms with E-state index in [1.807, 2.05) is 42.5 Å². The molecule has 1 unspecified atom stereocenters. The van der Waals surface area contributed by atoms with Crippen molar-refractivity contribution in [3.63, 3.8) is 0 Å². The molecule has 0 aliphatic rings. The lowest BCUT2D eigenvalue weighted by Crippen LogP contribution is -2.22. The zero-order valence-corrected chi connectivity index (χ0v) is 18.0. The monoisotopic (exact) mass is 449 g/mol. The van der Waals surface area contributed by atoms with Crippen molar-refractivity contribution in [2.45, 2.75) is 24.0 Å². The van der Waals surface area contributed by atoms with E-state index in [4.69, 9.17) is 9.15 Å². The quantitative estimate of drug-likeness (QED) is 0.354. The van der Waals surface area contributed by atoms with Gasteiger partial charge in [0.25, 0.3) is 5.22 Å². The first-order chi connectivity index (χ1) is 15.6. The number of amides is 1. The van der Waals surface area contributed by atoms with Crippen molar-refractivity contribution in [2.75, 3.05) is 5.32 Å². The molecule has 0 spiro atoms. The van der Waals surface area contributed by atoms with Gasteiger partial charge in [-0.1, -0.05) is 42.1 Å². The van der Waals surface area contributed by atoms with Crippen molar-refractivity contribution in [3.8, 4) is 17.2 Å². The van der Waals surface area contributed by atoms with Gasteiger partial charge >= 0.3 is 0 Å². The van der Waals surface area contributed by atoms with Crippen LogP contribution in [0.1, 0.15) is 12.5 Å². The molecule has 6 nitrogen and oxygen atoms in total. The molecule has 0 saturated carbocycles. The van der Waals surface area contributed by atoms with Crippen LogP contribution in [0, 0.1) is 5.82 Å². The summed E-state index contributed by atoms with van der Waals surface area (Å²) in [5, 5.41) is 10.6. The van der Waals surface area contributed by atoms with E-state index in [1.165, 1.54) is 12.1 Å². The van der Waals surface area contributed by atoms with E-state index in [2.05, 4.69) is 15.5 Å². The lowest BCUT2D eigenvalue weighted by atomic mass is 10.2. The van der Waals surface area contributed by atoms with Crippen molar-refractivity contribution in [3.05, 3.63) is 90.2 Å². The van der Waals surface area contributed by atoms with Crippen LogP contribution in [0.5, 0.6) is 5.75 Å². The largest absolute Gasteiger partial charge is 0.489 e. The molecule has 0 aliphatic carbocycles. The van der Waals surface area contributed by atoms with Crippen LogP contribution in [0.4, 0.5) is 10.1 Å². The van der Waals surface area contributed by atoms with Crippen LogP contribution in [0.2, 0.25) is 0 Å². The van der Waals surface area contributed by atoms with E-state index in [9.17, 15) is 9.18 Å². The minimum Gasteiger partial charge on any atom is -0.489 e. The normalized spacial score (nSPS) is 11.7. The zero-order valence-electron chi connectivity index (χ0n) is 17.2. The fourth-order valence-corrected chi connectivity index (χ4v) is 3.47. The molecule has 1 atom stereocenters. The fraction of sp³-hybridized carbons (Fsp3) is 0.125. The Hall–Kier alpha value is -3.65. The van der Waals surface area contributed by atoms with Crippen molar-refractivity contribution in [2.24, 2.45) is 0 Å². The number of benzene rings is 3. The smallest absolute Gasteiger partial charge is 0.277 e. The molecule has 1 heterocycles. The predicted octanol–water partition coefficient (Wildman–Crippen LogP) is 5.57. The molecular weight excluding hydrogens is 429 g/mol. The van der Waals surface area contributed by atoms with Gasteiger partial charge in [0.15, 0.2) is 0 Å². The van der Waals surface area contributed by atoms with Crippen molar-refractivity contribution < 1.29 is 18.3 Å². The van der Waals surface area contributed by atoms with Gasteiger partial charge in [0.2, 0.25) is 11.8 Å². The summed E-state index contributed by atoms with van der Waals surface area (Å²) < 4.78 is 24.4. The zero-order chi connectivity index (χ0) is 22.3. The lowest BCUT2D eigenvalue weighted by molar-refractivity contribution is -0.115. The molecule has 0 radical (unpaired) electrons. The fourth-order valence-electron chi connectivity index (χ4n) is 2.79. The maximum atomic E-state index is 13.1. The molecule has 4 aromatic rings. The second-order valence-corrected chi connectivity index (χ2v) is 8.22. The molecule has 8 heteroatoms. The van der Waals surface area contributed by atoms with Crippen molar-refractivity contribution in [1.29, 1.82) is 0 Å². The first-order valence-corrected chi connectivity index (χ1v) is 10.8. The number of rotatable bonds is 8. The SMILES string of the molecule is CC(Sc1nnc(-c2ccc(F)cc2)o1)C(=O)Nc1ccc(OCc2ccccc2)cc1. The Balaban J connectivity index is 1.29. The summed E-state index contributed by atoms with van der Waals surface area (Å²) in [7, 11) is 0. The highest BCUT2D eigenvalue weighted by molar-refractivity contribution is 8.00. The number of hydrogen-bond donors (Lipinski definition) is 1. The third-order valence-corrected chi connectivity index (χ3v) is 5.45. The van der Waals surface area contributed by atoms with Crippen LogP contribution in [0.25, 0.3) is 11.5 Å². The van der Waals surface area contributed by atoms with Gasteiger partial charge in [-0.05, 0) is 61.0 Å². The summed E-state index contributed by atoms with van der Waals surface area (Å²) in [5.41, 5.74) is 2.35. The molecule has 1 aromatic heterocycles. The van der Waals surface area contributed by atoms with E-state index in [0.29, 0.717) is 23.6 Å². The van der Waals surface area contributed by atoms with Gasteiger partial charge < -0.3 is 14.5 Å². The van der Waals surface area contributed by atoms with Gasteiger partial charge in [0, 0.05) is 11.3 Å². The number of ether oxygens (including phenoxy) is 1. The average Bonchev–Trinajstić information content (AvgIpc) is 3.28. The Kier molecular flexibility index (Phi) is 6.81. The number of nitrogens with zero attached hydrogens (tertiary/aromatic N) is 2. The number of halogens is 1. The van der Waals surface area contributed by atoms with E-state index >= 15 is 0 Å². The van der Waals surface area contributed by atoms with Gasteiger partial charge in [-0.2, -0.15) is 0 Å². The highest BCUT2D eigenvalue weighted by Gasteiger charge is 2.19. The number of hydrogen-bond acceptors (Lipinski definition) is 6. The molecular formula is C24H20FN3O3S. The second kappa shape index (κ2) is 10.1. The van der Waals surface area contributed by atoms with E-state index < -0.39 is 5.25 Å². The molecule has 4 rings (SSSR count). The van der Waals surface area contributed by atoms with E-state index in [-0.39, 0.29) is 22.8 Å². The van der Waals surface area contributed by atoms with E-state index in [0.717, 1.165) is 17.3 Å². The van der Waals surface area contributed by atoms with Gasteiger partial charge in [-0.25, -0.2) is 4.39 Å². The Morgan fingerprint density at radius 3 is 2.47 bits per heavy atom. The van der Waals surface area contributed by atoms with Crippen LogP contribution in [-0.2, 0) is 11.4 Å². The highest BCUT2D eigenvalue weighted by atomic mass is 32.2. The molecule has 32 heavy (non-hydrogen) atoms. The number of anilines is 1. The van der Waals surface area contributed by atoms with Crippen LogP contribution in [0.15, 0.2) is 88.5 Å². The molecule has 162 valence electrons. The Morgan fingerprint density at radius 1 is 1.03 bits per heavy atom. The predicted molar refractivity (Wildman–Crippen MR) is 121 cm³/mol. The summed E-state index contributed by atoms with van der Waals surface area (Å²) in [5.74, 6) is 0.443. The van der Waals surface area contributed by atoms with Crippen LogP contribution in [-0.4, -0.2) is 21.4 Å². The molecule has 0 saturated heterocycles. The molecule has 0 aliphatic heterocycles. The molecule has 1 N–H and O–H groups in total. The maximum absolute atomic E-state index is 13.1. The maximum Gasteiger partial charge on any atom is 0.277 e. The van der Waals surface area contributed by atoms with E-state index in [1.54, 1.807) is 31.2 Å². The Labute approximate surface area is 188 Å². The Bertz CT molecular complexity index is 1170. The average molecular weight is 450 g/mol. The van der Waals surface area contributed by atoms with Gasteiger partial charge in [-0.3, -0.25) is 4.79 Å². The highest BCUT2D eigenvalue weighted by Crippen LogP contribution is 2.27. The van der Waals surface area contributed by atoms with Gasteiger partial charge in [0.05, 0.1) is 5.25 Å². The number of nitrogens with one attached hydrogen (secondary N) is 1. The number of aromatic nitrogens is 2. The molecule has 1 amide bonds. The summed E-state index contributed by atoms with van der Waals surface area (Å²) in [6, 6.07) is 22.8. The second-order valence-electron chi connectivity index (χ2n) is 6.93. The summed E-state index contributed by atoms with van der Waals surface area (Å²) in [6.45, 7) is 2.23. The summed E-state index contributed by atoms with van der Waals surface area (Å²) in [6.07, 6.45) is 0. The summed E-state index contributed by atoms with van der Waals surface area (Å²) in [4.78, 5) is 12.5.